The van der Waals surface area contributed by atoms with E-state index in [1.165, 1.54) is 30.3 Å². The van der Waals surface area contributed by atoms with Gasteiger partial charge in [0.05, 0.1) is 5.52 Å². The van der Waals surface area contributed by atoms with Crippen molar-refractivity contribution in [3.05, 3.63) is 42.1 Å². The van der Waals surface area contributed by atoms with Crippen LogP contribution in [0.1, 0.15) is 45.1 Å². The van der Waals surface area contributed by atoms with E-state index < -0.39 is 0 Å². The highest BCUT2D eigenvalue weighted by Gasteiger charge is 2.20. The van der Waals surface area contributed by atoms with Gasteiger partial charge in [-0.15, -0.1) is 0 Å². The molecular weight excluding hydrogens is 322 g/mol. The molecule has 2 unspecified atom stereocenters. The monoisotopic (exact) mass is 353 g/mol. The van der Waals surface area contributed by atoms with Gasteiger partial charge in [-0.25, -0.2) is 0 Å². The number of nitrogens with one attached hydrogen (secondary N) is 1. The fourth-order valence-electron chi connectivity index (χ4n) is 3.77. The zero-order valence-electron chi connectivity index (χ0n) is 16.1. The number of benzene rings is 1. The Bertz CT molecular complexity index is 730. The molecule has 1 aliphatic rings. The van der Waals surface area contributed by atoms with Gasteiger partial charge in [-0.3, -0.25) is 14.7 Å². The summed E-state index contributed by atoms with van der Waals surface area (Å²) in [5, 5.41) is 4.32. The standard InChI is InChI=1S/C22H31N3O/c1-3-17(2)22(26)24-12-10-18-6-5-13-25(15-18)16-19-8-9-21-20(14-19)7-4-11-23-21/h4,7-9,11,14,17-18H,3,5-6,10,12-13,15-16H2,1-2H3,(H,24,26). The molecule has 2 aromatic rings. The van der Waals surface area contributed by atoms with E-state index in [2.05, 4.69) is 46.4 Å². The largest absolute Gasteiger partial charge is 0.356 e. The maximum absolute atomic E-state index is 11.9. The fraction of sp³-hybridized carbons (Fsp3) is 0.545. The summed E-state index contributed by atoms with van der Waals surface area (Å²) in [5.74, 6) is 1.01. The van der Waals surface area contributed by atoms with Crippen LogP contribution in [0.5, 0.6) is 0 Å². The van der Waals surface area contributed by atoms with Gasteiger partial charge in [0.2, 0.25) is 5.91 Å². The first-order chi connectivity index (χ1) is 12.7. The van der Waals surface area contributed by atoms with Gasteiger partial charge in [0, 0.05) is 37.1 Å². The molecule has 1 amide bonds. The number of fused-ring (bicyclic) bond motifs is 1. The molecule has 0 spiro atoms. The third-order valence-corrected chi connectivity index (χ3v) is 5.59. The molecule has 0 aliphatic carbocycles. The van der Waals surface area contributed by atoms with E-state index >= 15 is 0 Å². The van der Waals surface area contributed by atoms with E-state index in [0.717, 1.165) is 38.0 Å². The fourth-order valence-corrected chi connectivity index (χ4v) is 3.77. The predicted molar refractivity (Wildman–Crippen MR) is 107 cm³/mol. The van der Waals surface area contributed by atoms with Gasteiger partial charge in [-0.1, -0.05) is 26.0 Å². The summed E-state index contributed by atoms with van der Waals surface area (Å²) in [6.07, 6.45) is 6.36. The Morgan fingerprint density at radius 3 is 3.12 bits per heavy atom. The molecule has 26 heavy (non-hydrogen) atoms. The Labute approximate surface area is 157 Å². The van der Waals surface area contributed by atoms with Crippen LogP contribution in [0.4, 0.5) is 0 Å². The first-order valence-corrected chi connectivity index (χ1v) is 9.99. The minimum absolute atomic E-state index is 0.125. The maximum atomic E-state index is 11.9. The van der Waals surface area contributed by atoms with Crippen molar-refractivity contribution < 1.29 is 4.79 Å². The summed E-state index contributed by atoms with van der Waals surface area (Å²) in [7, 11) is 0. The second kappa shape index (κ2) is 9.13. The number of rotatable bonds is 7. The van der Waals surface area contributed by atoms with Crippen LogP contribution in [0.15, 0.2) is 36.5 Å². The number of hydrogen-bond donors (Lipinski definition) is 1. The van der Waals surface area contributed by atoms with Crippen LogP contribution in [0, 0.1) is 11.8 Å². The number of pyridine rings is 1. The molecule has 140 valence electrons. The molecule has 0 bridgehead atoms. The van der Waals surface area contributed by atoms with Crippen molar-refractivity contribution in [2.24, 2.45) is 11.8 Å². The van der Waals surface area contributed by atoms with Gasteiger partial charge in [0.25, 0.3) is 0 Å². The zero-order valence-corrected chi connectivity index (χ0v) is 16.1. The van der Waals surface area contributed by atoms with Crippen LogP contribution in [-0.2, 0) is 11.3 Å². The van der Waals surface area contributed by atoms with Crippen molar-refractivity contribution in [3.63, 3.8) is 0 Å². The molecule has 1 saturated heterocycles. The van der Waals surface area contributed by atoms with E-state index in [1.807, 2.05) is 19.2 Å². The Morgan fingerprint density at radius 2 is 2.27 bits per heavy atom. The Hall–Kier alpha value is -1.94. The molecule has 2 heterocycles. The van der Waals surface area contributed by atoms with Gasteiger partial charge in [-0.2, -0.15) is 0 Å². The minimum Gasteiger partial charge on any atom is -0.356 e. The lowest BCUT2D eigenvalue weighted by Gasteiger charge is -2.33. The highest BCUT2D eigenvalue weighted by molar-refractivity contribution is 5.79. The lowest BCUT2D eigenvalue weighted by atomic mass is 9.94. The summed E-state index contributed by atoms with van der Waals surface area (Å²) in [4.78, 5) is 18.9. The summed E-state index contributed by atoms with van der Waals surface area (Å²) in [6.45, 7) is 8.16. The molecule has 1 N–H and O–H groups in total. The van der Waals surface area contributed by atoms with E-state index in [-0.39, 0.29) is 11.8 Å². The van der Waals surface area contributed by atoms with E-state index in [9.17, 15) is 4.79 Å². The highest BCUT2D eigenvalue weighted by Crippen LogP contribution is 2.22. The molecular formula is C22H31N3O. The third-order valence-electron chi connectivity index (χ3n) is 5.59. The van der Waals surface area contributed by atoms with E-state index in [4.69, 9.17) is 0 Å². The lowest BCUT2D eigenvalue weighted by Crippen LogP contribution is -2.37. The van der Waals surface area contributed by atoms with Gasteiger partial charge >= 0.3 is 0 Å². The Kier molecular flexibility index (Phi) is 6.62. The van der Waals surface area contributed by atoms with E-state index in [1.54, 1.807) is 0 Å². The number of carbonyl (C=O) groups is 1. The van der Waals surface area contributed by atoms with Crippen LogP contribution < -0.4 is 5.32 Å². The molecule has 0 radical (unpaired) electrons. The van der Waals surface area contributed by atoms with Crippen LogP contribution in [0.25, 0.3) is 10.9 Å². The summed E-state index contributed by atoms with van der Waals surface area (Å²) >= 11 is 0. The number of amides is 1. The van der Waals surface area contributed by atoms with Crippen LogP contribution in [0.3, 0.4) is 0 Å². The lowest BCUT2D eigenvalue weighted by molar-refractivity contribution is -0.124. The molecule has 1 fully saturated rings. The number of likely N-dealkylation sites (tertiary alicyclic amines) is 1. The molecule has 1 aliphatic heterocycles. The van der Waals surface area contributed by atoms with Gasteiger partial charge in [0.1, 0.15) is 0 Å². The first-order valence-electron chi connectivity index (χ1n) is 9.99. The molecule has 2 atom stereocenters. The topological polar surface area (TPSA) is 45.2 Å². The average molecular weight is 354 g/mol. The molecule has 4 nitrogen and oxygen atoms in total. The third kappa shape index (κ3) is 5.04. The van der Waals surface area contributed by atoms with Crippen LogP contribution >= 0.6 is 0 Å². The van der Waals surface area contributed by atoms with Crippen molar-refractivity contribution in [2.75, 3.05) is 19.6 Å². The second-order valence-corrected chi connectivity index (χ2v) is 7.66. The highest BCUT2D eigenvalue weighted by atomic mass is 16.1. The first kappa shape index (κ1) is 18.8. The summed E-state index contributed by atoms with van der Waals surface area (Å²) in [5.41, 5.74) is 2.42. The van der Waals surface area contributed by atoms with Crippen LogP contribution in [0.2, 0.25) is 0 Å². The molecule has 4 heteroatoms. The van der Waals surface area contributed by atoms with Crippen molar-refractivity contribution in [1.29, 1.82) is 0 Å². The SMILES string of the molecule is CCC(C)C(=O)NCCC1CCCN(Cc2ccc3ncccc3c2)C1. The average Bonchev–Trinajstić information content (AvgIpc) is 2.67. The van der Waals surface area contributed by atoms with Gasteiger partial charge in [0.15, 0.2) is 0 Å². The van der Waals surface area contributed by atoms with Crippen molar-refractivity contribution >= 4 is 16.8 Å². The van der Waals surface area contributed by atoms with Gasteiger partial charge in [-0.05, 0) is 61.9 Å². The number of piperidine rings is 1. The predicted octanol–water partition coefficient (Wildman–Crippen LogP) is 4.00. The van der Waals surface area contributed by atoms with Crippen molar-refractivity contribution in [3.8, 4) is 0 Å². The number of nitrogens with zero attached hydrogens (tertiary/aromatic N) is 2. The smallest absolute Gasteiger partial charge is 0.222 e. The Balaban J connectivity index is 1.49. The zero-order chi connectivity index (χ0) is 18.4. The molecule has 1 aromatic carbocycles. The summed E-state index contributed by atoms with van der Waals surface area (Å²) in [6, 6.07) is 10.7. The number of aromatic nitrogens is 1. The Morgan fingerprint density at radius 1 is 1.38 bits per heavy atom. The number of hydrogen-bond acceptors (Lipinski definition) is 3. The summed E-state index contributed by atoms with van der Waals surface area (Å²) < 4.78 is 0. The number of carbonyl (C=O) groups excluding carboxylic acids is 1. The normalized spacial score (nSPS) is 19.4. The molecule has 3 rings (SSSR count). The molecule has 1 aromatic heterocycles. The van der Waals surface area contributed by atoms with E-state index in [0.29, 0.717) is 5.92 Å². The second-order valence-electron chi connectivity index (χ2n) is 7.66. The minimum atomic E-state index is 0.125. The van der Waals surface area contributed by atoms with Crippen molar-refractivity contribution in [2.45, 2.75) is 46.1 Å². The molecule has 0 saturated carbocycles. The van der Waals surface area contributed by atoms with Crippen molar-refractivity contribution in [1.82, 2.24) is 15.2 Å². The van der Waals surface area contributed by atoms with Gasteiger partial charge < -0.3 is 5.32 Å². The maximum Gasteiger partial charge on any atom is 0.222 e. The van der Waals surface area contributed by atoms with Crippen LogP contribution in [-0.4, -0.2) is 35.4 Å². The quantitative estimate of drug-likeness (QED) is 0.818.